The molecule has 1 saturated heterocycles. The number of carbonyl (C=O) groups is 1. The average molecular weight is 529 g/mol. The Labute approximate surface area is 218 Å². The number of imidazole rings is 1. The van der Waals surface area contributed by atoms with E-state index in [1.54, 1.807) is 19.2 Å². The van der Waals surface area contributed by atoms with Gasteiger partial charge in [0.05, 0.1) is 21.6 Å². The number of hydrogen-bond acceptors (Lipinski definition) is 6. The highest BCUT2D eigenvalue weighted by Gasteiger charge is 2.30. The number of amides is 1. The van der Waals surface area contributed by atoms with Crippen LogP contribution >= 0.6 is 0 Å². The average Bonchev–Trinajstić information content (AvgIpc) is 3.23. The van der Waals surface area contributed by atoms with Crippen LogP contribution in [0.15, 0.2) is 41.3 Å². The minimum absolute atomic E-state index is 0.106. The molecule has 4 rings (SSSR count). The topological polar surface area (TPSA) is 112 Å². The number of anilines is 2. The number of aromatic nitrogens is 2. The molecule has 0 saturated carbocycles. The van der Waals surface area contributed by atoms with Crippen molar-refractivity contribution in [3.63, 3.8) is 0 Å². The molecule has 1 aromatic heterocycles. The lowest BCUT2D eigenvalue weighted by molar-refractivity contribution is -0.114. The van der Waals surface area contributed by atoms with Crippen molar-refractivity contribution in [1.29, 1.82) is 0 Å². The largest absolute Gasteiger partial charge is 0.381 e. The molecule has 0 spiro atoms. The minimum atomic E-state index is -3.85. The summed E-state index contributed by atoms with van der Waals surface area (Å²) in [7, 11) is -2.18. The van der Waals surface area contributed by atoms with Gasteiger partial charge in [0, 0.05) is 45.0 Å². The number of rotatable bonds is 9. The number of aryl methyl sites for hydroxylation is 1. The van der Waals surface area contributed by atoms with Crippen LogP contribution in [0, 0.1) is 5.92 Å². The molecule has 0 unspecified atom stereocenters. The molecule has 0 atom stereocenters. The SMILES string of the molecule is CCc1c(NS(=O)(=O)c2ccc(NC(C)=O)cc2)ccc2c1nc(C(C)(C)OC)n2CC1CCOCC1. The van der Waals surface area contributed by atoms with E-state index in [0.717, 1.165) is 55.0 Å². The molecule has 0 radical (unpaired) electrons. The summed E-state index contributed by atoms with van der Waals surface area (Å²) in [5, 5.41) is 2.64. The van der Waals surface area contributed by atoms with Crippen molar-refractivity contribution in [2.24, 2.45) is 5.92 Å². The Balaban J connectivity index is 1.73. The zero-order valence-electron chi connectivity index (χ0n) is 22.1. The molecule has 200 valence electrons. The molecule has 1 fully saturated rings. The van der Waals surface area contributed by atoms with Gasteiger partial charge in [0.25, 0.3) is 10.0 Å². The van der Waals surface area contributed by atoms with Gasteiger partial charge in [-0.05, 0) is 75.4 Å². The summed E-state index contributed by atoms with van der Waals surface area (Å²) < 4.78 is 42.8. The van der Waals surface area contributed by atoms with Crippen LogP contribution in [0.5, 0.6) is 0 Å². The van der Waals surface area contributed by atoms with E-state index in [1.807, 2.05) is 32.9 Å². The Morgan fingerprint density at radius 2 is 1.84 bits per heavy atom. The summed E-state index contributed by atoms with van der Waals surface area (Å²) in [4.78, 5) is 16.4. The lowest BCUT2D eigenvalue weighted by Gasteiger charge is -2.27. The molecule has 9 nitrogen and oxygen atoms in total. The molecule has 0 bridgehead atoms. The Morgan fingerprint density at radius 3 is 2.43 bits per heavy atom. The molecule has 1 amide bonds. The molecule has 1 aliphatic rings. The smallest absolute Gasteiger partial charge is 0.261 e. The van der Waals surface area contributed by atoms with Crippen LogP contribution in [0.25, 0.3) is 11.0 Å². The predicted molar refractivity (Wildman–Crippen MR) is 144 cm³/mol. The lowest BCUT2D eigenvalue weighted by Crippen LogP contribution is -2.28. The number of fused-ring (bicyclic) bond motifs is 1. The van der Waals surface area contributed by atoms with Crippen LogP contribution in [0.3, 0.4) is 0 Å². The van der Waals surface area contributed by atoms with E-state index >= 15 is 0 Å². The van der Waals surface area contributed by atoms with Crippen LogP contribution in [0.4, 0.5) is 11.4 Å². The maximum Gasteiger partial charge on any atom is 0.261 e. The number of carbonyl (C=O) groups excluding carboxylic acids is 1. The second-order valence-corrected chi connectivity index (χ2v) is 11.6. The quantitative estimate of drug-likeness (QED) is 0.418. The normalized spacial score (nSPS) is 15.2. The Bertz CT molecular complexity index is 1370. The zero-order chi connectivity index (χ0) is 26.8. The van der Waals surface area contributed by atoms with Crippen LogP contribution in [-0.4, -0.2) is 44.2 Å². The molecule has 1 aliphatic heterocycles. The van der Waals surface area contributed by atoms with Gasteiger partial charge >= 0.3 is 0 Å². The fraction of sp³-hybridized carbons (Fsp3) is 0.481. The van der Waals surface area contributed by atoms with Crippen LogP contribution in [0.2, 0.25) is 0 Å². The molecule has 37 heavy (non-hydrogen) atoms. The third-order valence-electron chi connectivity index (χ3n) is 6.94. The van der Waals surface area contributed by atoms with E-state index in [2.05, 4.69) is 14.6 Å². The number of nitrogens with one attached hydrogen (secondary N) is 2. The maximum absolute atomic E-state index is 13.2. The van der Waals surface area contributed by atoms with Gasteiger partial charge < -0.3 is 19.4 Å². The molecular formula is C27H36N4O5S. The van der Waals surface area contributed by atoms with Crippen molar-refractivity contribution < 1.29 is 22.7 Å². The summed E-state index contributed by atoms with van der Waals surface area (Å²) in [5.74, 6) is 1.07. The zero-order valence-corrected chi connectivity index (χ0v) is 22.9. The second-order valence-electron chi connectivity index (χ2n) is 9.94. The first-order valence-electron chi connectivity index (χ1n) is 12.6. The fourth-order valence-electron chi connectivity index (χ4n) is 4.75. The van der Waals surface area contributed by atoms with Crippen molar-refractivity contribution in [2.75, 3.05) is 30.4 Å². The molecule has 2 aromatic carbocycles. The summed E-state index contributed by atoms with van der Waals surface area (Å²) in [6, 6.07) is 9.83. The van der Waals surface area contributed by atoms with Crippen molar-refractivity contribution in [2.45, 2.75) is 64.0 Å². The second kappa shape index (κ2) is 10.8. The number of hydrogen-bond donors (Lipinski definition) is 2. The monoisotopic (exact) mass is 528 g/mol. The third-order valence-corrected chi connectivity index (χ3v) is 8.32. The molecular weight excluding hydrogens is 492 g/mol. The summed E-state index contributed by atoms with van der Waals surface area (Å²) in [6.45, 7) is 9.71. The number of ether oxygens (including phenoxy) is 2. The first-order valence-corrected chi connectivity index (χ1v) is 14.1. The van der Waals surface area contributed by atoms with Gasteiger partial charge in [0.2, 0.25) is 5.91 Å². The molecule has 0 aliphatic carbocycles. The minimum Gasteiger partial charge on any atom is -0.381 e. The Morgan fingerprint density at radius 1 is 1.16 bits per heavy atom. The van der Waals surface area contributed by atoms with Gasteiger partial charge in [0.1, 0.15) is 11.4 Å². The fourth-order valence-corrected chi connectivity index (χ4v) is 5.84. The summed E-state index contributed by atoms with van der Waals surface area (Å²) >= 11 is 0. The van der Waals surface area contributed by atoms with E-state index in [9.17, 15) is 13.2 Å². The van der Waals surface area contributed by atoms with E-state index in [4.69, 9.17) is 14.5 Å². The van der Waals surface area contributed by atoms with Crippen LogP contribution < -0.4 is 10.0 Å². The maximum atomic E-state index is 13.2. The predicted octanol–water partition coefficient (Wildman–Crippen LogP) is 4.67. The van der Waals surface area contributed by atoms with Gasteiger partial charge in [-0.15, -0.1) is 0 Å². The van der Waals surface area contributed by atoms with Gasteiger partial charge in [0.15, 0.2) is 0 Å². The highest BCUT2D eigenvalue weighted by molar-refractivity contribution is 7.92. The third kappa shape index (κ3) is 5.81. The van der Waals surface area contributed by atoms with E-state index < -0.39 is 15.6 Å². The van der Waals surface area contributed by atoms with Crippen LogP contribution in [-0.2, 0) is 42.9 Å². The van der Waals surface area contributed by atoms with Gasteiger partial charge in [-0.25, -0.2) is 13.4 Å². The van der Waals surface area contributed by atoms with E-state index in [1.165, 1.54) is 19.1 Å². The molecule has 2 N–H and O–H groups in total. The number of methoxy groups -OCH3 is 1. The first kappa shape index (κ1) is 27.1. The highest BCUT2D eigenvalue weighted by Crippen LogP contribution is 2.34. The van der Waals surface area contributed by atoms with Gasteiger partial charge in [-0.3, -0.25) is 9.52 Å². The standard InChI is InChI=1S/C27H36N4O5S/c1-6-22-23(30-37(33,34)21-9-7-20(8-10-21)28-18(2)32)11-12-24-25(22)29-26(27(3,4)35-5)31(24)17-19-13-15-36-16-14-19/h7-12,19,30H,6,13-17H2,1-5H3,(H,28,32). The molecule has 2 heterocycles. The number of nitrogens with zero attached hydrogens (tertiary/aromatic N) is 2. The number of benzene rings is 2. The molecule has 3 aromatic rings. The van der Waals surface area contributed by atoms with Gasteiger partial charge in [-0.2, -0.15) is 0 Å². The first-order chi connectivity index (χ1) is 17.6. The number of sulfonamides is 1. The van der Waals surface area contributed by atoms with Crippen molar-refractivity contribution >= 4 is 38.3 Å². The molecule has 10 heteroatoms. The van der Waals surface area contributed by atoms with E-state index in [0.29, 0.717) is 23.7 Å². The van der Waals surface area contributed by atoms with Crippen molar-refractivity contribution in [3.8, 4) is 0 Å². The van der Waals surface area contributed by atoms with E-state index in [-0.39, 0.29) is 10.8 Å². The summed E-state index contributed by atoms with van der Waals surface area (Å²) in [6.07, 6.45) is 2.58. The lowest BCUT2D eigenvalue weighted by atomic mass is 9.99. The van der Waals surface area contributed by atoms with Crippen molar-refractivity contribution in [1.82, 2.24) is 9.55 Å². The summed E-state index contributed by atoms with van der Waals surface area (Å²) in [5.41, 5.74) is 2.98. The van der Waals surface area contributed by atoms with Gasteiger partial charge in [-0.1, -0.05) is 6.92 Å². The van der Waals surface area contributed by atoms with Crippen molar-refractivity contribution in [3.05, 3.63) is 47.8 Å². The van der Waals surface area contributed by atoms with Crippen LogP contribution in [0.1, 0.15) is 51.9 Å². The Kier molecular flexibility index (Phi) is 7.91. The highest BCUT2D eigenvalue weighted by atomic mass is 32.2. The Hall–Kier alpha value is -2.95.